The van der Waals surface area contributed by atoms with Crippen LogP contribution in [0.5, 0.6) is 0 Å². The van der Waals surface area contributed by atoms with Crippen LogP contribution in [0.15, 0.2) is 54.6 Å². The van der Waals surface area contributed by atoms with Crippen LogP contribution in [0.25, 0.3) is 5.57 Å². The average Bonchev–Trinajstić information content (AvgIpc) is 2.81. The highest BCUT2D eigenvalue weighted by atomic mass is 16.7. The molecule has 2 N–H and O–H groups in total. The predicted molar refractivity (Wildman–Crippen MR) is 122 cm³/mol. The fraction of sp³-hybridized carbons (Fsp3) is 0.360. The summed E-state index contributed by atoms with van der Waals surface area (Å²) in [5.41, 5.74) is 9.13. The highest BCUT2D eigenvalue weighted by Crippen LogP contribution is 2.22. The second kappa shape index (κ2) is 12.7. The van der Waals surface area contributed by atoms with E-state index < -0.39 is 6.29 Å². The lowest BCUT2D eigenvalue weighted by Gasteiger charge is -2.16. The average molecular weight is 425 g/mol. The Bertz CT molecular complexity index is 890. The second-order valence-electron chi connectivity index (χ2n) is 7.16. The third-order valence-corrected chi connectivity index (χ3v) is 5.00. The van der Waals surface area contributed by atoms with Gasteiger partial charge >= 0.3 is 0 Å². The van der Waals surface area contributed by atoms with Crippen molar-refractivity contribution in [2.24, 2.45) is 0 Å². The number of rotatable bonds is 10. The quantitative estimate of drug-likeness (QED) is 0.333. The molecule has 2 rings (SSSR count). The van der Waals surface area contributed by atoms with Gasteiger partial charge in [-0.25, -0.2) is 0 Å². The number of carbonyl (C=O) groups excluding carboxylic acids is 2. The molecule has 2 aromatic carbocycles. The fourth-order valence-electron chi connectivity index (χ4n) is 3.34. The molecule has 0 saturated carbocycles. The number of hydrazine groups is 1. The molecule has 0 unspecified atom stereocenters. The lowest BCUT2D eigenvalue weighted by Crippen LogP contribution is -2.41. The molecule has 31 heavy (non-hydrogen) atoms. The van der Waals surface area contributed by atoms with Gasteiger partial charge in [0.1, 0.15) is 0 Å². The van der Waals surface area contributed by atoms with E-state index in [2.05, 4.69) is 17.8 Å². The summed E-state index contributed by atoms with van der Waals surface area (Å²) < 4.78 is 10.6. The second-order valence-corrected chi connectivity index (χ2v) is 7.16. The Morgan fingerprint density at radius 3 is 2.32 bits per heavy atom. The molecule has 0 fully saturated rings. The molecule has 0 radical (unpaired) electrons. The van der Waals surface area contributed by atoms with Crippen LogP contribution in [0.1, 0.15) is 66.4 Å². The molecule has 0 aliphatic carbocycles. The molecule has 6 nitrogen and oxygen atoms in total. The lowest BCUT2D eigenvalue weighted by molar-refractivity contribution is -0.117. The van der Waals surface area contributed by atoms with Crippen LogP contribution in [0.2, 0.25) is 0 Å². The van der Waals surface area contributed by atoms with Gasteiger partial charge in [0.05, 0.1) is 0 Å². The normalized spacial score (nSPS) is 11.5. The molecule has 0 bridgehead atoms. The maximum absolute atomic E-state index is 12.7. The summed E-state index contributed by atoms with van der Waals surface area (Å²) in [6, 6.07) is 15.2. The lowest BCUT2D eigenvalue weighted by atomic mass is 10.00. The monoisotopic (exact) mass is 424 g/mol. The third-order valence-electron chi connectivity index (χ3n) is 5.00. The molecule has 166 valence electrons. The van der Waals surface area contributed by atoms with Crippen LogP contribution in [0.4, 0.5) is 0 Å². The van der Waals surface area contributed by atoms with Crippen molar-refractivity contribution in [3.63, 3.8) is 0 Å². The number of nitrogens with one attached hydrogen (secondary N) is 2. The number of unbranched alkanes of at least 4 members (excludes halogenated alkanes) is 1. The minimum atomic E-state index is -0.494. The third kappa shape index (κ3) is 7.05. The Kier molecular flexibility index (Phi) is 9.94. The van der Waals surface area contributed by atoms with E-state index in [9.17, 15) is 9.59 Å². The molecule has 0 heterocycles. The number of aryl methyl sites for hydroxylation is 1. The SMILES string of the molecule is CCCC/C(=C\C(=O)NNC(=O)c1ccc(C(OC)OC)cc1CC)c1ccccc1. The summed E-state index contributed by atoms with van der Waals surface area (Å²) in [5.74, 6) is -0.733. The van der Waals surface area contributed by atoms with E-state index in [1.165, 1.54) is 0 Å². The van der Waals surface area contributed by atoms with Gasteiger partial charge < -0.3 is 9.47 Å². The van der Waals surface area contributed by atoms with Gasteiger partial charge in [-0.3, -0.25) is 20.4 Å². The molecule has 2 aromatic rings. The van der Waals surface area contributed by atoms with Crippen molar-refractivity contribution in [2.45, 2.75) is 45.8 Å². The Hall–Kier alpha value is -2.96. The summed E-state index contributed by atoms with van der Waals surface area (Å²) in [4.78, 5) is 25.1. The first-order chi connectivity index (χ1) is 15.0. The van der Waals surface area contributed by atoms with Crippen LogP contribution in [0.3, 0.4) is 0 Å². The number of amides is 2. The Morgan fingerprint density at radius 2 is 1.71 bits per heavy atom. The molecule has 2 amide bonds. The number of carbonyl (C=O) groups is 2. The first-order valence-electron chi connectivity index (χ1n) is 10.6. The number of hydrogen-bond donors (Lipinski definition) is 2. The van der Waals surface area contributed by atoms with Crippen molar-refractivity contribution in [3.05, 3.63) is 76.9 Å². The van der Waals surface area contributed by atoms with Gasteiger partial charge in [0.15, 0.2) is 6.29 Å². The maximum atomic E-state index is 12.7. The van der Waals surface area contributed by atoms with Crippen molar-refractivity contribution in [1.82, 2.24) is 10.9 Å². The molecular formula is C25H32N2O4. The number of ether oxygens (including phenoxy) is 2. The van der Waals surface area contributed by atoms with Gasteiger partial charge in [-0.15, -0.1) is 0 Å². The van der Waals surface area contributed by atoms with Gasteiger partial charge in [-0.1, -0.05) is 56.7 Å². The van der Waals surface area contributed by atoms with Gasteiger partial charge in [-0.2, -0.15) is 0 Å². The zero-order valence-electron chi connectivity index (χ0n) is 18.7. The summed E-state index contributed by atoms with van der Waals surface area (Å²) in [6.07, 6.45) is 4.52. The highest BCUT2D eigenvalue weighted by Gasteiger charge is 2.16. The van der Waals surface area contributed by atoms with E-state index in [1.54, 1.807) is 32.4 Å². The number of methoxy groups -OCH3 is 2. The number of hydrogen-bond acceptors (Lipinski definition) is 4. The standard InChI is InChI=1S/C25H32N2O4/c1-5-7-11-20(19-12-9-8-10-13-19)17-23(28)26-27-24(29)22-15-14-21(16-18(22)6-2)25(30-3)31-4/h8-10,12-17,25H,5-7,11H2,1-4H3,(H,26,28)(H,27,29)/b20-17+. The largest absolute Gasteiger partial charge is 0.352 e. The number of allylic oxidation sites excluding steroid dienone is 1. The molecule has 6 heteroatoms. The van der Waals surface area contributed by atoms with E-state index in [-0.39, 0.29) is 11.8 Å². The molecular weight excluding hydrogens is 392 g/mol. The zero-order chi connectivity index (χ0) is 22.6. The van der Waals surface area contributed by atoms with E-state index in [1.807, 2.05) is 43.3 Å². The smallest absolute Gasteiger partial charge is 0.269 e. The van der Waals surface area contributed by atoms with E-state index >= 15 is 0 Å². The van der Waals surface area contributed by atoms with Gasteiger partial charge in [0.25, 0.3) is 11.8 Å². The van der Waals surface area contributed by atoms with Crippen LogP contribution in [0, 0.1) is 0 Å². The van der Waals surface area contributed by atoms with E-state index in [0.717, 1.165) is 41.5 Å². The van der Waals surface area contributed by atoms with Gasteiger partial charge in [-0.05, 0) is 48.1 Å². The molecule has 0 atom stereocenters. The minimum Gasteiger partial charge on any atom is -0.352 e. The van der Waals surface area contributed by atoms with Crippen LogP contribution in [-0.4, -0.2) is 26.0 Å². The Balaban J connectivity index is 2.10. The van der Waals surface area contributed by atoms with Gasteiger partial charge in [0.2, 0.25) is 0 Å². The summed E-state index contributed by atoms with van der Waals surface area (Å²) in [5, 5.41) is 0. The van der Waals surface area contributed by atoms with Crippen LogP contribution >= 0.6 is 0 Å². The van der Waals surface area contributed by atoms with E-state index in [4.69, 9.17) is 9.47 Å². The minimum absolute atomic E-state index is 0.364. The molecule has 0 spiro atoms. The van der Waals surface area contributed by atoms with Gasteiger partial charge in [0, 0.05) is 31.4 Å². The first kappa shape index (κ1) is 24.3. The predicted octanol–water partition coefficient (Wildman–Crippen LogP) is 4.58. The number of benzene rings is 2. The summed E-state index contributed by atoms with van der Waals surface area (Å²) in [7, 11) is 3.13. The Morgan fingerprint density at radius 1 is 1.00 bits per heavy atom. The highest BCUT2D eigenvalue weighted by molar-refractivity contribution is 6.00. The zero-order valence-corrected chi connectivity index (χ0v) is 18.7. The molecule has 0 aromatic heterocycles. The molecule has 0 aliphatic rings. The summed E-state index contributed by atoms with van der Waals surface area (Å²) in [6.45, 7) is 4.08. The maximum Gasteiger partial charge on any atom is 0.269 e. The van der Waals surface area contributed by atoms with Crippen molar-refractivity contribution < 1.29 is 19.1 Å². The van der Waals surface area contributed by atoms with Crippen molar-refractivity contribution in [3.8, 4) is 0 Å². The van der Waals surface area contributed by atoms with Crippen molar-refractivity contribution >= 4 is 17.4 Å². The Labute approximate surface area is 184 Å². The molecule has 0 saturated heterocycles. The van der Waals surface area contributed by atoms with Crippen LogP contribution < -0.4 is 10.9 Å². The fourth-order valence-corrected chi connectivity index (χ4v) is 3.34. The first-order valence-corrected chi connectivity index (χ1v) is 10.6. The summed E-state index contributed by atoms with van der Waals surface area (Å²) >= 11 is 0. The van der Waals surface area contributed by atoms with Crippen molar-refractivity contribution in [1.29, 1.82) is 0 Å². The van der Waals surface area contributed by atoms with E-state index in [0.29, 0.717) is 12.0 Å². The van der Waals surface area contributed by atoms with Crippen molar-refractivity contribution in [2.75, 3.05) is 14.2 Å². The molecule has 0 aliphatic heterocycles. The topological polar surface area (TPSA) is 76.7 Å². The van der Waals surface area contributed by atoms with Crippen LogP contribution in [-0.2, 0) is 20.7 Å².